The number of hydrogen-bond acceptors (Lipinski definition) is 5. The topological polar surface area (TPSA) is 155 Å². The van der Waals surface area contributed by atoms with Crippen LogP contribution in [0.25, 0.3) is 10.9 Å². The van der Waals surface area contributed by atoms with Gasteiger partial charge in [-0.15, -0.1) is 5.10 Å². The summed E-state index contributed by atoms with van der Waals surface area (Å²) in [7, 11) is -4.09. The number of nitrogens with one attached hydrogen (secondary N) is 1. The smallest absolute Gasteiger partial charge is 0.369 e. The lowest BCUT2D eigenvalue weighted by molar-refractivity contribution is -0.138. The van der Waals surface area contributed by atoms with E-state index in [1.54, 1.807) is 18.7 Å². The molecule has 5 N–H and O–H groups in total. The van der Waals surface area contributed by atoms with Crippen molar-refractivity contribution < 1.29 is 21.6 Å². The number of guanidine groups is 1. The summed E-state index contributed by atoms with van der Waals surface area (Å²) < 4.78 is 64.2. The first kappa shape index (κ1) is 22.3. The van der Waals surface area contributed by atoms with Crippen molar-refractivity contribution in [3.63, 3.8) is 0 Å². The van der Waals surface area contributed by atoms with Crippen molar-refractivity contribution in [2.75, 3.05) is 11.1 Å². The van der Waals surface area contributed by atoms with Crippen molar-refractivity contribution in [3.05, 3.63) is 44.1 Å². The molecule has 0 bridgehead atoms. The maximum atomic E-state index is 13.6. The van der Waals surface area contributed by atoms with Crippen LogP contribution in [-0.2, 0) is 22.6 Å². The number of halogens is 3. The molecule has 2 aromatic rings. The predicted octanol–water partition coefficient (Wildman–Crippen LogP) is -0.0799. The molecule has 2 rings (SSSR count). The van der Waals surface area contributed by atoms with E-state index in [0.717, 1.165) is 6.07 Å². The molecule has 0 spiro atoms. The van der Waals surface area contributed by atoms with Crippen molar-refractivity contribution in [1.82, 2.24) is 9.35 Å². The molecule has 0 saturated heterocycles. The van der Waals surface area contributed by atoms with Gasteiger partial charge in [-0.25, -0.2) is 18.0 Å². The van der Waals surface area contributed by atoms with Gasteiger partial charge in [-0.3, -0.25) is 4.79 Å². The Hall–Kier alpha value is -3.03. The Balaban J connectivity index is 3.10. The summed E-state index contributed by atoms with van der Waals surface area (Å²) in [6, 6.07) is 1.55. The molecule has 0 fully saturated rings. The Morgan fingerprint density at radius 1 is 1.24 bits per heavy atom. The molecule has 0 aliphatic rings. The van der Waals surface area contributed by atoms with Crippen molar-refractivity contribution >= 4 is 26.9 Å². The van der Waals surface area contributed by atoms with Crippen LogP contribution in [0.4, 0.5) is 13.2 Å². The van der Waals surface area contributed by atoms with Gasteiger partial charge in [0.25, 0.3) is 5.56 Å². The summed E-state index contributed by atoms with van der Waals surface area (Å²) in [5.41, 5.74) is 6.12. The van der Waals surface area contributed by atoms with E-state index in [1.165, 1.54) is 0 Å². The van der Waals surface area contributed by atoms with Gasteiger partial charge in [0.15, 0.2) is 0 Å². The highest BCUT2D eigenvalue weighted by molar-refractivity contribution is 7.91. The van der Waals surface area contributed by atoms with Gasteiger partial charge < -0.3 is 11.5 Å². The maximum absolute atomic E-state index is 13.6. The second-order valence-electron chi connectivity index (χ2n) is 6.75. The van der Waals surface area contributed by atoms with Gasteiger partial charge in [0, 0.05) is 0 Å². The molecule has 14 heteroatoms. The molecule has 160 valence electrons. The lowest BCUT2D eigenvalue weighted by Crippen LogP contribution is -2.46. The van der Waals surface area contributed by atoms with E-state index in [2.05, 4.69) is 5.10 Å². The van der Waals surface area contributed by atoms with Crippen LogP contribution < -0.4 is 27.5 Å². The van der Waals surface area contributed by atoms with Crippen LogP contribution >= 0.6 is 0 Å². The van der Waals surface area contributed by atoms with E-state index in [4.69, 9.17) is 11.5 Å². The fourth-order valence-corrected chi connectivity index (χ4v) is 3.21. The van der Waals surface area contributed by atoms with Crippen molar-refractivity contribution in [2.24, 2.45) is 22.5 Å². The standard InChI is InChI=1S/C15H19F3N6O4S/c1-7(2)4-8-5-9-11(6-10(8)15(16,17)18)23(21-13(19)20)14(26)24(12(9)25)22-29(3,27)28/h5-7,22H,4H2,1-3H3,(H4,19,20,21). The summed E-state index contributed by atoms with van der Waals surface area (Å²) in [5.74, 6) is -0.883. The fraction of sp³-hybridized carbons (Fsp3) is 0.400. The van der Waals surface area contributed by atoms with Crippen molar-refractivity contribution in [1.29, 1.82) is 0 Å². The minimum atomic E-state index is -4.78. The molecule has 0 radical (unpaired) electrons. The van der Waals surface area contributed by atoms with Crippen LogP contribution in [-0.4, -0.2) is 30.0 Å². The zero-order chi connectivity index (χ0) is 22.3. The molecule has 1 aromatic carbocycles. The third-order valence-electron chi connectivity index (χ3n) is 3.66. The van der Waals surface area contributed by atoms with Gasteiger partial charge in [-0.1, -0.05) is 13.8 Å². The van der Waals surface area contributed by atoms with Crippen molar-refractivity contribution in [2.45, 2.75) is 26.4 Å². The predicted molar refractivity (Wildman–Crippen MR) is 101 cm³/mol. The first-order valence-electron chi connectivity index (χ1n) is 8.11. The molecular formula is C15H19F3N6O4S. The molecule has 10 nitrogen and oxygen atoms in total. The zero-order valence-electron chi connectivity index (χ0n) is 15.6. The van der Waals surface area contributed by atoms with E-state index < -0.39 is 44.5 Å². The van der Waals surface area contributed by atoms with E-state index in [0.29, 0.717) is 17.0 Å². The van der Waals surface area contributed by atoms with Crippen molar-refractivity contribution in [3.8, 4) is 0 Å². The van der Waals surface area contributed by atoms with Crippen LogP contribution in [0.2, 0.25) is 0 Å². The number of rotatable bonds is 5. The van der Waals surface area contributed by atoms with Gasteiger partial charge in [0.05, 0.1) is 22.7 Å². The molecule has 0 unspecified atom stereocenters. The number of hydrogen-bond donors (Lipinski definition) is 3. The first-order valence-corrected chi connectivity index (χ1v) is 10.0. The monoisotopic (exact) mass is 436 g/mol. The SMILES string of the molecule is CC(C)Cc1cc2c(=O)n(NS(C)(=O)=O)c(=O)n(N=C(N)N)c2cc1C(F)(F)F. The Morgan fingerprint density at radius 3 is 2.28 bits per heavy atom. The van der Waals surface area contributed by atoms with Gasteiger partial charge >= 0.3 is 11.9 Å². The van der Waals surface area contributed by atoms with E-state index in [9.17, 15) is 31.2 Å². The summed E-state index contributed by atoms with van der Waals surface area (Å²) in [4.78, 5) is 26.9. The van der Waals surface area contributed by atoms with Crippen LogP contribution in [0.1, 0.15) is 25.0 Å². The molecule has 0 aliphatic heterocycles. The average molecular weight is 436 g/mol. The summed E-state index contributed by atoms with van der Waals surface area (Å²) in [6.07, 6.45) is -4.12. The lowest BCUT2D eigenvalue weighted by Gasteiger charge is -2.17. The molecule has 0 atom stereocenters. The molecular weight excluding hydrogens is 417 g/mol. The summed E-state index contributed by atoms with van der Waals surface area (Å²) in [6.45, 7) is 3.38. The third kappa shape index (κ3) is 4.88. The van der Waals surface area contributed by atoms with Crippen LogP contribution in [0.3, 0.4) is 0 Å². The Kier molecular flexibility index (Phi) is 5.70. The quantitative estimate of drug-likeness (QED) is 0.440. The number of benzene rings is 1. The fourth-order valence-electron chi connectivity index (χ4n) is 2.72. The molecule has 1 heterocycles. The van der Waals surface area contributed by atoms with E-state index in [1.807, 2.05) is 0 Å². The molecule has 1 aromatic heterocycles. The minimum absolute atomic E-state index is 0.0227. The highest BCUT2D eigenvalue weighted by atomic mass is 32.2. The number of nitrogens with two attached hydrogens (primary N) is 2. The molecule has 29 heavy (non-hydrogen) atoms. The van der Waals surface area contributed by atoms with Crippen LogP contribution in [0.15, 0.2) is 26.8 Å². The number of sulfonamides is 1. The summed E-state index contributed by atoms with van der Waals surface area (Å²) in [5, 5.41) is 3.07. The third-order valence-corrected chi connectivity index (χ3v) is 4.18. The first-order chi connectivity index (χ1) is 13.1. The normalized spacial score (nSPS) is 12.4. The van der Waals surface area contributed by atoms with Crippen LogP contribution in [0, 0.1) is 5.92 Å². The molecule has 0 amide bonds. The second kappa shape index (κ2) is 7.42. The van der Waals surface area contributed by atoms with Gasteiger partial charge in [0.1, 0.15) is 0 Å². The number of aromatic nitrogens is 2. The Bertz CT molecular complexity index is 1210. The lowest BCUT2D eigenvalue weighted by atomic mass is 9.96. The van der Waals surface area contributed by atoms with Gasteiger partial charge in [-0.2, -0.15) is 22.5 Å². The van der Waals surface area contributed by atoms with E-state index in [-0.39, 0.29) is 28.0 Å². The number of alkyl halides is 3. The van der Waals surface area contributed by atoms with E-state index >= 15 is 0 Å². The number of nitrogens with zero attached hydrogens (tertiary/aromatic N) is 3. The van der Waals surface area contributed by atoms with Gasteiger partial charge in [-0.05, 0) is 30.0 Å². The summed E-state index contributed by atoms with van der Waals surface area (Å²) >= 11 is 0. The highest BCUT2D eigenvalue weighted by Crippen LogP contribution is 2.35. The zero-order valence-corrected chi connectivity index (χ0v) is 16.4. The van der Waals surface area contributed by atoms with Crippen LogP contribution in [0.5, 0.6) is 0 Å². The Morgan fingerprint density at radius 2 is 1.83 bits per heavy atom. The largest absolute Gasteiger partial charge is 0.416 e. The molecule has 0 saturated carbocycles. The van der Waals surface area contributed by atoms with Gasteiger partial charge in [0.2, 0.25) is 16.0 Å². The minimum Gasteiger partial charge on any atom is -0.369 e. The number of fused-ring (bicyclic) bond motifs is 1. The highest BCUT2D eigenvalue weighted by Gasteiger charge is 2.34. The second-order valence-corrected chi connectivity index (χ2v) is 8.47. The Labute approximate surface area is 162 Å². The molecule has 0 aliphatic carbocycles. The maximum Gasteiger partial charge on any atom is 0.416 e. The average Bonchev–Trinajstić information content (AvgIpc) is 2.52.